The Morgan fingerprint density at radius 1 is 1.03 bits per heavy atom. The molecule has 0 aromatic heterocycles. The van der Waals surface area contributed by atoms with Gasteiger partial charge in [-0.05, 0) is 74.6 Å². The third kappa shape index (κ3) is 4.36. The van der Waals surface area contributed by atoms with E-state index in [1.807, 2.05) is 0 Å². The average molecular weight is 442 g/mol. The Morgan fingerprint density at radius 2 is 1.66 bits per heavy atom. The molecule has 0 spiro atoms. The van der Waals surface area contributed by atoms with Crippen LogP contribution in [0.4, 0.5) is 5.69 Å². The molecule has 2 atom stereocenters. The molecular weight excluding hydrogens is 410 g/mol. The number of carbonyl (C=O) groups is 4. The Bertz CT molecular complexity index is 925. The summed E-state index contributed by atoms with van der Waals surface area (Å²) in [5.74, 6) is -0.118. The maximum Gasteiger partial charge on any atom is 0.312 e. The van der Waals surface area contributed by atoms with Crippen LogP contribution in [-0.4, -0.2) is 54.8 Å². The molecule has 8 nitrogen and oxygen atoms in total. The molecule has 1 aromatic carbocycles. The first kappa shape index (κ1) is 22.3. The number of anilines is 1. The number of hydrogen-bond acceptors (Lipinski definition) is 5. The summed E-state index contributed by atoms with van der Waals surface area (Å²) in [4.78, 5) is 50.7. The van der Waals surface area contributed by atoms with Crippen LogP contribution in [-0.2, 0) is 19.1 Å². The summed E-state index contributed by atoms with van der Waals surface area (Å²) in [6.45, 7) is 1.16. The first-order chi connectivity index (χ1) is 15.1. The van der Waals surface area contributed by atoms with E-state index < -0.39 is 11.3 Å². The average Bonchev–Trinajstić information content (AvgIpc) is 2.70. The third-order valence-corrected chi connectivity index (χ3v) is 7.09. The van der Waals surface area contributed by atoms with Crippen molar-refractivity contribution < 1.29 is 23.9 Å². The monoisotopic (exact) mass is 441 g/mol. The van der Waals surface area contributed by atoms with Crippen LogP contribution in [0.5, 0.6) is 0 Å². The Hall–Kier alpha value is -2.90. The molecule has 4 aliphatic rings. The second kappa shape index (κ2) is 8.22. The van der Waals surface area contributed by atoms with Gasteiger partial charge in [-0.1, -0.05) is 0 Å². The van der Waals surface area contributed by atoms with E-state index in [0.29, 0.717) is 29.5 Å². The fraction of sp³-hybridized carbons (Fsp3) is 0.583. The molecule has 0 aliphatic heterocycles. The van der Waals surface area contributed by atoms with Crippen molar-refractivity contribution in [3.05, 3.63) is 29.8 Å². The molecule has 2 N–H and O–H groups in total. The van der Waals surface area contributed by atoms with Gasteiger partial charge in [0.1, 0.15) is 0 Å². The summed E-state index contributed by atoms with van der Waals surface area (Å²) in [6.07, 6.45) is 5.08. The Labute approximate surface area is 188 Å². The summed E-state index contributed by atoms with van der Waals surface area (Å²) in [5, 5.41) is 5.83. The number of esters is 1. The Kier molecular flexibility index (Phi) is 5.73. The van der Waals surface area contributed by atoms with Crippen LogP contribution in [0.1, 0.15) is 55.8 Å². The van der Waals surface area contributed by atoms with Crippen LogP contribution in [0.25, 0.3) is 0 Å². The molecule has 172 valence electrons. The lowest BCUT2D eigenvalue weighted by Crippen LogP contribution is -2.64. The van der Waals surface area contributed by atoms with Gasteiger partial charge < -0.3 is 20.3 Å². The fourth-order valence-corrected chi connectivity index (χ4v) is 6.46. The summed E-state index contributed by atoms with van der Waals surface area (Å²) >= 11 is 0. The smallest absolute Gasteiger partial charge is 0.312 e. The minimum Gasteiger partial charge on any atom is -0.455 e. The second-order valence-corrected chi connectivity index (χ2v) is 10.1. The van der Waals surface area contributed by atoms with Crippen molar-refractivity contribution in [2.75, 3.05) is 26.0 Å². The predicted octanol–water partition coefficient (Wildman–Crippen LogP) is 2.35. The van der Waals surface area contributed by atoms with Crippen molar-refractivity contribution in [2.45, 2.75) is 51.0 Å². The molecule has 8 heteroatoms. The number of amides is 3. The summed E-state index contributed by atoms with van der Waals surface area (Å²) < 4.78 is 5.48. The molecule has 0 saturated heterocycles. The first-order valence-corrected chi connectivity index (χ1v) is 11.2. The molecule has 0 heterocycles. The Morgan fingerprint density at radius 3 is 2.22 bits per heavy atom. The van der Waals surface area contributed by atoms with Gasteiger partial charge in [0.15, 0.2) is 6.61 Å². The maximum absolute atomic E-state index is 13.1. The lowest BCUT2D eigenvalue weighted by atomic mass is 9.47. The van der Waals surface area contributed by atoms with Crippen LogP contribution in [0.2, 0.25) is 0 Å². The molecule has 4 fully saturated rings. The zero-order valence-electron chi connectivity index (χ0n) is 18.9. The van der Waals surface area contributed by atoms with Gasteiger partial charge in [0.25, 0.3) is 11.8 Å². The predicted molar refractivity (Wildman–Crippen MR) is 118 cm³/mol. The summed E-state index contributed by atoms with van der Waals surface area (Å²) in [5.41, 5.74) is 0.124. The molecule has 4 bridgehead atoms. The van der Waals surface area contributed by atoms with Crippen molar-refractivity contribution in [2.24, 2.45) is 17.3 Å². The van der Waals surface area contributed by atoms with Gasteiger partial charge in [0, 0.05) is 37.8 Å². The van der Waals surface area contributed by atoms with E-state index in [1.165, 1.54) is 11.8 Å². The van der Waals surface area contributed by atoms with Crippen LogP contribution in [0.3, 0.4) is 0 Å². The molecule has 32 heavy (non-hydrogen) atoms. The molecular formula is C24H31N3O5. The SMILES string of the molecule is CC(=O)NC12CC3CC(C1)CC(C(=O)OCC(=O)Nc1ccc(C(=O)N(C)C)cc1)(C3)C2. The molecule has 5 rings (SSSR count). The van der Waals surface area contributed by atoms with Crippen molar-refractivity contribution >= 4 is 29.4 Å². The number of nitrogens with zero attached hydrogens (tertiary/aromatic N) is 1. The van der Waals surface area contributed by atoms with Crippen molar-refractivity contribution in [1.82, 2.24) is 10.2 Å². The minimum atomic E-state index is -0.610. The highest BCUT2D eigenvalue weighted by Gasteiger charge is 2.61. The highest BCUT2D eigenvalue weighted by molar-refractivity contribution is 5.96. The molecule has 1 aromatic rings. The quantitative estimate of drug-likeness (QED) is 0.660. The maximum atomic E-state index is 13.1. The van der Waals surface area contributed by atoms with Gasteiger partial charge in [0.05, 0.1) is 5.41 Å². The highest BCUT2D eigenvalue weighted by atomic mass is 16.5. The van der Waals surface area contributed by atoms with E-state index in [4.69, 9.17) is 4.74 Å². The normalized spacial score (nSPS) is 29.8. The second-order valence-electron chi connectivity index (χ2n) is 10.1. The standard InChI is InChI=1S/C24H31N3O5/c1-15(28)26-24-11-16-8-17(12-24)10-23(9-16,14-24)22(31)32-13-20(29)25-19-6-4-18(5-7-19)21(30)27(2)3/h4-7,16-17H,8-14H2,1-3H3,(H,25,29)(H,26,28). The lowest BCUT2D eigenvalue weighted by molar-refractivity contribution is -0.176. The van der Waals surface area contributed by atoms with Gasteiger partial charge in [0.2, 0.25) is 5.91 Å². The molecule has 3 amide bonds. The number of carbonyl (C=O) groups excluding carboxylic acids is 4. The Balaban J connectivity index is 1.35. The highest BCUT2D eigenvalue weighted by Crippen LogP contribution is 2.62. The number of benzene rings is 1. The van der Waals surface area contributed by atoms with Crippen molar-refractivity contribution in [1.29, 1.82) is 0 Å². The van der Waals surface area contributed by atoms with Crippen molar-refractivity contribution in [3.8, 4) is 0 Å². The number of hydrogen-bond donors (Lipinski definition) is 2. The fourth-order valence-electron chi connectivity index (χ4n) is 6.46. The first-order valence-electron chi connectivity index (χ1n) is 11.2. The topological polar surface area (TPSA) is 105 Å². The van der Waals surface area contributed by atoms with Crippen LogP contribution in [0.15, 0.2) is 24.3 Å². The summed E-state index contributed by atoms with van der Waals surface area (Å²) in [6, 6.07) is 6.57. The molecule has 2 unspecified atom stereocenters. The molecule has 4 saturated carbocycles. The largest absolute Gasteiger partial charge is 0.455 e. The van der Waals surface area contributed by atoms with E-state index in [0.717, 1.165) is 32.1 Å². The van der Waals surface area contributed by atoms with Crippen LogP contribution < -0.4 is 10.6 Å². The minimum absolute atomic E-state index is 0.0619. The van der Waals surface area contributed by atoms with Gasteiger partial charge in [-0.25, -0.2) is 0 Å². The van der Waals surface area contributed by atoms with E-state index >= 15 is 0 Å². The molecule has 0 radical (unpaired) electrons. The summed E-state index contributed by atoms with van der Waals surface area (Å²) in [7, 11) is 3.35. The van der Waals surface area contributed by atoms with Gasteiger partial charge in [-0.3, -0.25) is 19.2 Å². The van der Waals surface area contributed by atoms with Crippen LogP contribution in [0, 0.1) is 17.3 Å². The van der Waals surface area contributed by atoms with Gasteiger partial charge in [-0.2, -0.15) is 0 Å². The van der Waals surface area contributed by atoms with Gasteiger partial charge in [-0.15, -0.1) is 0 Å². The zero-order chi connectivity index (χ0) is 23.1. The van der Waals surface area contributed by atoms with Gasteiger partial charge >= 0.3 is 5.97 Å². The number of ether oxygens (including phenoxy) is 1. The van der Waals surface area contributed by atoms with E-state index in [2.05, 4.69) is 10.6 Å². The lowest BCUT2D eigenvalue weighted by Gasteiger charge is -2.60. The van der Waals surface area contributed by atoms with E-state index in [-0.39, 0.29) is 29.9 Å². The van der Waals surface area contributed by atoms with Crippen LogP contribution >= 0.6 is 0 Å². The zero-order valence-corrected chi connectivity index (χ0v) is 18.9. The number of rotatable bonds is 6. The molecule has 4 aliphatic carbocycles. The van der Waals surface area contributed by atoms with Crippen molar-refractivity contribution in [3.63, 3.8) is 0 Å². The number of nitrogens with one attached hydrogen (secondary N) is 2. The van der Waals surface area contributed by atoms with E-state index in [9.17, 15) is 19.2 Å². The third-order valence-electron chi connectivity index (χ3n) is 7.09. The van der Waals surface area contributed by atoms with E-state index in [1.54, 1.807) is 38.4 Å².